The number of nitrogens with two attached hydrogens (primary N) is 1. The number of primary amides is 1. The summed E-state index contributed by atoms with van der Waals surface area (Å²) in [5.74, 6) is -1.33. The number of benzene rings is 3. The average Bonchev–Trinajstić information content (AvgIpc) is 3.49. The maximum atomic E-state index is 13.2. The summed E-state index contributed by atoms with van der Waals surface area (Å²) in [4.78, 5) is 51.0. The molecule has 5 N–H and O–H groups in total. The quantitative estimate of drug-likeness (QED) is 0.143. The molecule has 0 saturated heterocycles. The second-order valence-electron chi connectivity index (χ2n) is 8.82. The van der Waals surface area contributed by atoms with Gasteiger partial charge in [-0.05, 0) is 73.2 Å². The zero-order valence-electron chi connectivity index (χ0n) is 22.1. The molecule has 0 saturated carbocycles. The van der Waals surface area contributed by atoms with Crippen LogP contribution in [0.1, 0.15) is 39.8 Å². The smallest absolute Gasteiger partial charge is 0.272 e. The summed E-state index contributed by atoms with van der Waals surface area (Å²) in [5, 5.41) is 7.91. The van der Waals surface area contributed by atoms with Crippen molar-refractivity contribution in [1.82, 2.24) is 5.32 Å². The van der Waals surface area contributed by atoms with Gasteiger partial charge in [0.2, 0.25) is 11.8 Å². The number of amides is 4. The van der Waals surface area contributed by atoms with Gasteiger partial charge in [-0.3, -0.25) is 19.2 Å². The van der Waals surface area contributed by atoms with Gasteiger partial charge in [-0.1, -0.05) is 31.2 Å². The van der Waals surface area contributed by atoms with Crippen LogP contribution in [0.25, 0.3) is 6.08 Å². The van der Waals surface area contributed by atoms with Crippen molar-refractivity contribution < 1.29 is 23.6 Å². The van der Waals surface area contributed by atoms with E-state index in [9.17, 15) is 19.2 Å². The van der Waals surface area contributed by atoms with Crippen molar-refractivity contribution in [1.29, 1.82) is 0 Å². The fraction of sp³-hybridized carbons (Fsp3) is 0.0968. The van der Waals surface area contributed by atoms with Gasteiger partial charge in [0.25, 0.3) is 11.8 Å². The number of anilines is 2. The summed E-state index contributed by atoms with van der Waals surface area (Å²) in [5.41, 5.74) is 7.06. The zero-order chi connectivity index (χ0) is 29.2. The topological polar surface area (TPSA) is 144 Å². The van der Waals surface area contributed by atoms with E-state index < -0.39 is 23.0 Å². The van der Waals surface area contributed by atoms with Crippen LogP contribution in [0.5, 0.6) is 0 Å². The molecule has 4 aromatic rings. The Balaban J connectivity index is 1.44. The third-order valence-electron chi connectivity index (χ3n) is 5.83. The summed E-state index contributed by atoms with van der Waals surface area (Å²) < 4.78 is 5.34. The highest BCUT2D eigenvalue weighted by Gasteiger charge is 2.20. The van der Waals surface area contributed by atoms with Crippen molar-refractivity contribution in [2.24, 2.45) is 5.73 Å². The first kappa shape index (κ1) is 28.9. The highest BCUT2D eigenvalue weighted by atomic mass is 32.2. The Hall–Kier alpha value is -5.09. The molecule has 1 atom stereocenters. The molecule has 1 aromatic heterocycles. The van der Waals surface area contributed by atoms with Gasteiger partial charge in [0.15, 0.2) is 0 Å². The van der Waals surface area contributed by atoms with Gasteiger partial charge in [0.05, 0.1) is 11.5 Å². The first-order valence-corrected chi connectivity index (χ1v) is 13.6. The highest BCUT2D eigenvalue weighted by molar-refractivity contribution is 8.00. The van der Waals surface area contributed by atoms with E-state index in [1.54, 1.807) is 84.9 Å². The molecule has 3 aromatic carbocycles. The normalized spacial score (nSPS) is 11.8. The molecule has 0 radical (unpaired) electrons. The summed E-state index contributed by atoms with van der Waals surface area (Å²) in [7, 11) is 0. The van der Waals surface area contributed by atoms with Gasteiger partial charge >= 0.3 is 0 Å². The fourth-order valence-electron chi connectivity index (χ4n) is 3.73. The minimum Gasteiger partial charge on any atom is -0.465 e. The lowest BCUT2D eigenvalue weighted by atomic mass is 10.2. The molecule has 9 nitrogen and oxygen atoms in total. The fourth-order valence-corrected chi connectivity index (χ4v) is 4.74. The standard InChI is InChI=1S/C31H28N4O5S/c1-2-27(31(39)33-22-15-13-20(14-16-22)28(32)36)41-25-12-6-10-23(18-25)34-30(38)26(19-24-11-7-17-40-24)35-29(37)21-8-4-3-5-9-21/h3-19,27H,2H2,1H3,(H2,32,36)(H,33,39)(H,34,38)(H,35,37)/b26-19-. The third kappa shape index (κ3) is 8.20. The first-order valence-electron chi connectivity index (χ1n) is 12.7. The maximum Gasteiger partial charge on any atom is 0.272 e. The molecule has 1 unspecified atom stereocenters. The Morgan fingerprint density at radius 3 is 2.27 bits per heavy atom. The largest absolute Gasteiger partial charge is 0.465 e. The van der Waals surface area contributed by atoms with E-state index >= 15 is 0 Å². The van der Waals surface area contributed by atoms with Gasteiger partial charge in [-0.2, -0.15) is 0 Å². The minimum absolute atomic E-state index is 0.0000239. The molecular weight excluding hydrogens is 540 g/mol. The monoisotopic (exact) mass is 568 g/mol. The average molecular weight is 569 g/mol. The van der Waals surface area contributed by atoms with E-state index in [0.717, 1.165) is 4.90 Å². The molecule has 10 heteroatoms. The summed E-state index contributed by atoms with van der Waals surface area (Å²) in [6, 6.07) is 25.3. The molecule has 41 heavy (non-hydrogen) atoms. The van der Waals surface area contributed by atoms with Crippen molar-refractivity contribution in [3.05, 3.63) is 120 Å². The molecule has 1 heterocycles. The number of carbonyl (C=O) groups is 4. The van der Waals surface area contributed by atoms with E-state index in [1.165, 1.54) is 24.1 Å². The molecule has 0 bridgehead atoms. The van der Waals surface area contributed by atoms with Crippen molar-refractivity contribution in [3.8, 4) is 0 Å². The molecule has 0 spiro atoms. The molecule has 0 fully saturated rings. The second kappa shape index (κ2) is 13.8. The van der Waals surface area contributed by atoms with Crippen LogP contribution in [0, 0.1) is 0 Å². The lowest BCUT2D eigenvalue weighted by Gasteiger charge is -2.16. The Bertz CT molecular complexity index is 1550. The molecule has 4 rings (SSSR count). The third-order valence-corrected chi connectivity index (χ3v) is 7.19. The number of carbonyl (C=O) groups excluding carboxylic acids is 4. The predicted molar refractivity (Wildman–Crippen MR) is 159 cm³/mol. The first-order chi connectivity index (χ1) is 19.8. The van der Waals surface area contributed by atoms with E-state index in [4.69, 9.17) is 10.2 Å². The highest BCUT2D eigenvalue weighted by Crippen LogP contribution is 2.29. The Labute approximate surface area is 241 Å². The molecule has 0 aliphatic rings. The van der Waals surface area contributed by atoms with E-state index in [0.29, 0.717) is 34.7 Å². The number of rotatable bonds is 11. The van der Waals surface area contributed by atoms with Gasteiger partial charge in [0, 0.05) is 33.5 Å². The van der Waals surface area contributed by atoms with Crippen molar-refractivity contribution in [2.75, 3.05) is 10.6 Å². The van der Waals surface area contributed by atoms with Crippen LogP contribution in [0.4, 0.5) is 11.4 Å². The molecular formula is C31H28N4O5S. The van der Waals surface area contributed by atoms with E-state index in [-0.39, 0.29) is 11.6 Å². The van der Waals surface area contributed by atoms with Gasteiger partial charge in [0.1, 0.15) is 11.5 Å². The van der Waals surface area contributed by atoms with Crippen molar-refractivity contribution in [3.63, 3.8) is 0 Å². The predicted octanol–water partition coefficient (Wildman–Crippen LogP) is 5.30. The molecule has 0 aliphatic heterocycles. The number of furan rings is 1. The minimum atomic E-state index is -0.544. The number of thioether (sulfide) groups is 1. The van der Waals surface area contributed by atoms with Crippen LogP contribution >= 0.6 is 11.8 Å². The van der Waals surface area contributed by atoms with E-state index in [2.05, 4.69) is 16.0 Å². The van der Waals surface area contributed by atoms with Crippen LogP contribution in [0.3, 0.4) is 0 Å². The Morgan fingerprint density at radius 1 is 0.854 bits per heavy atom. The summed E-state index contributed by atoms with van der Waals surface area (Å²) in [6.07, 6.45) is 3.47. The SMILES string of the molecule is CCC(Sc1cccc(NC(=O)/C(=C/c2ccco2)NC(=O)c2ccccc2)c1)C(=O)Nc1ccc(C(N)=O)cc1. The van der Waals surface area contributed by atoms with Crippen LogP contribution in [0.2, 0.25) is 0 Å². The molecule has 0 aliphatic carbocycles. The summed E-state index contributed by atoms with van der Waals surface area (Å²) >= 11 is 1.35. The summed E-state index contributed by atoms with van der Waals surface area (Å²) in [6.45, 7) is 1.90. The van der Waals surface area contributed by atoms with Crippen molar-refractivity contribution >= 4 is 52.8 Å². The van der Waals surface area contributed by atoms with E-state index in [1.807, 2.05) is 13.0 Å². The van der Waals surface area contributed by atoms with Gasteiger partial charge < -0.3 is 26.1 Å². The van der Waals surface area contributed by atoms with Gasteiger partial charge in [-0.25, -0.2) is 0 Å². The van der Waals surface area contributed by atoms with Crippen LogP contribution in [0.15, 0.2) is 112 Å². The Kier molecular flexibility index (Phi) is 9.74. The number of hydrogen-bond donors (Lipinski definition) is 4. The number of hydrogen-bond acceptors (Lipinski definition) is 6. The molecule has 208 valence electrons. The van der Waals surface area contributed by atoms with Crippen LogP contribution in [-0.4, -0.2) is 28.9 Å². The zero-order valence-corrected chi connectivity index (χ0v) is 22.9. The maximum absolute atomic E-state index is 13.2. The lowest BCUT2D eigenvalue weighted by Crippen LogP contribution is -2.30. The Morgan fingerprint density at radius 2 is 1.61 bits per heavy atom. The van der Waals surface area contributed by atoms with Crippen LogP contribution in [-0.2, 0) is 9.59 Å². The number of nitrogens with one attached hydrogen (secondary N) is 3. The molecule has 4 amide bonds. The lowest BCUT2D eigenvalue weighted by molar-refractivity contribution is -0.116. The van der Waals surface area contributed by atoms with Crippen molar-refractivity contribution in [2.45, 2.75) is 23.5 Å². The van der Waals surface area contributed by atoms with Gasteiger partial charge in [-0.15, -0.1) is 11.8 Å². The van der Waals surface area contributed by atoms with Crippen LogP contribution < -0.4 is 21.7 Å². The second-order valence-corrected chi connectivity index (χ2v) is 10.1.